The van der Waals surface area contributed by atoms with Crippen LogP contribution in [0, 0.1) is 5.82 Å². The summed E-state index contributed by atoms with van der Waals surface area (Å²) in [5.41, 5.74) is 0.945. The number of ether oxygens (including phenoxy) is 1. The van der Waals surface area contributed by atoms with Gasteiger partial charge in [-0.2, -0.15) is 0 Å². The number of carbonyl (C=O) groups is 1. The molecule has 0 spiro atoms. The van der Waals surface area contributed by atoms with Crippen LogP contribution in [0.2, 0.25) is 0 Å². The van der Waals surface area contributed by atoms with Crippen molar-refractivity contribution in [2.45, 2.75) is 44.1 Å². The van der Waals surface area contributed by atoms with E-state index in [0.717, 1.165) is 5.56 Å². The Bertz CT molecular complexity index is 772. The van der Waals surface area contributed by atoms with E-state index >= 15 is 0 Å². The maximum absolute atomic E-state index is 13.3. The molecular weight excluding hydrogens is 333 g/mol. The van der Waals surface area contributed by atoms with Crippen LogP contribution in [0.25, 0.3) is 0 Å². The van der Waals surface area contributed by atoms with Crippen LogP contribution < -0.4 is 0 Å². The lowest BCUT2D eigenvalue weighted by molar-refractivity contribution is 0.0267. The van der Waals surface area contributed by atoms with Crippen molar-refractivity contribution in [2.24, 2.45) is 4.99 Å². The monoisotopic (exact) mass is 355 g/mol. The number of amides is 1. The highest BCUT2D eigenvalue weighted by molar-refractivity contribution is 5.71. The predicted molar refractivity (Wildman–Crippen MR) is 97.4 cm³/mol. The van der Waals surface area contributed by atoms with Gasteiger partial charge in [0.2, 0.25) is 0 Å². The summed E-state index contributed by atoms with van der Waals surface area (Å²) in [6, 6.07) is 6.23. The Hall–Kier alpha value is -2.63. The minimum atomic E-state index is -0.306. The van der Waals surface area contributed by atoms with E-state index in [-0.39, 0.29) is 42.2 Å². The molecule has 1 amide bonds. The first-order chi connectivity index (χ1) is 12.5. The van der Waals surface area contributed by atoms with Gasteiger partial charge in [0, 0.05) is 6.54 Å². The molecule has 0 aromatic heterocycles. The standard InChI is InChI=1S/C20H22FN3O2/c1-13(2)26-20(25)23-11-18-19(14-7-9-15(21)10-8-14)22-12-24(18)17-6-4-3-5-16(17)23/h3-10,12-13,16-19H,11H2,1-2H3. The van der Waals surface area contributed by atoms with Crippen molar-refractivity contribution >= 4 is 12.4 Å². The Balaban J connectivity index is 1.64. The highest BCUT2D eigenvalue weighted by atomic mass is 19.1. The lowest BCUT2D eigenvalue weighted by Crippen LogP contribution is -2.63. The minimum absolute atomic E-state index is 0.00225. The molecule has 1 aromatic rings. The molecule has 1 saturated heterocycles. The molecule has 136 valence electrons. The highest BCUT2D eigenvalue weighted by Crippen LogP contribution is 2.37. The first-order valence-corrected chi connectivity index (χ1v) is 8.93. The first kappa shape index (κ1) is 16.8. The second-order valence-electron chi connectivity index (χ2n) is 7.11. The Labute approximate surface area is 152 Å². The van der Waals surface area contributed by atoms with E-state index in [1.165, 1.54) is 12.1 Å². The van der Waals surface area contributed by atoms with Gasteiger partial charge in [-0.05, 0) is 31.5 Å². The number of halogens is 1. The molecule has 6 heteroatoms. The molecule has 3 aliphatic rings. The van der Waals surface area contributed by atoms with E-state index in [1.807, 2.05) is 38.4 Å². The van der Waals surface area contributed by atoms with E-state index in [0.29, 0.717) is 6.54 Å². The number of hydrogen-bond donors (Lipinski definition) is 0. The molecule has 26 heavy (non-hydrogen) atoms. The van der Waals surface area contributed by atoms with Crippen LogP contribution >= 0.6 is 0 Å². The maximum Gasteiger partial charge on any atom is 0.410 e. The fourth-order valence-electron chi connectivity index (χ4n) is 3.89. The van der Waals surface area contributed by atoms with Gasteiger partial charge in [-0.3, -0.25) is 9.89 Å². The molecule has 2 aliphatic heterocycles. The molecule has 1 aromatic carbocycles. The van der Waals surface area contributed by atoms with Crippen molar-refractivity contribution in [2.75, 3.05) is 6.54 Å². The molecule has 4 unspecified atom stereocenters. The molecule has 0 N–H and O–H groups in total. The van der Waals surface area contributed by atoms with Gasteiger partial charge in [-0.1, -0.05) is 36.4 Å². The summed E-state index contributed by atoms with van der Waals surface area (Å²) in [4.78, 5) is 21.3. The molecule has 0 radical (unpaired) electrons. The van der Waals surface area contributed by atoms with Gasteiger partial charge in [0.25, 0.3) is 0 Å². The third kappa shape index (κ3) is 2.89. The van der Waals surface area contributed by atoms with Crippen LogP contribution in [0.4, 0.5) is 9.18 Å². The van der Waals surface area contributed by atoms with Crippen LogP contribution in [0.1, 0.15) is 25.5 Å². The number of rotatable bonds is 2. The number of piperazine rings is 1. The quantitative estimate of drug-likeness (QED) is 0.818. The molecule has 1 fully saturated rings. The third-order valence-electron chi connectivity index (χ3n) is 5.06. The fraction of sp³-hybridized carbons (Fsp3) is 0.400. The number of allylic oxidation sites excluding steroid dienone is 2. The molecule has 2 heterocycles. The Morgan fingerprint density at radius 3 is 2.58 bits per heavy atom. The summed E-state index contributed by atoms with van der Waals surface area (Å²) in [5.74, 6) is -0.265. The van der Waals surface area contributed by atoms with Crippen molar-refractivity contribution in [3.63, 3.8) is 0 Å². The molecule has 5 nitrogen and oxygen atoms in total. The van der Waals surface area contributed by atoms with Gasteiger partial charge in [0.05, 0.1) is 36.6 Å². The van der Waals surface area contributed by atoms with Gasteiger partial charge in [-0.25, -0.2) is 9.18 Å². The van der Waals surface area contributed by atoms with Gasteiger partial charge in [-0.15, -0.1) is 0 Å². The average Bonchev–Trinajstić information content (AvgIpc) is 3.05. The van der Waals surface area contributed by atoms with Crippen molar-refractivity contribution < 1.29 is 13.9 Å². The van der Waals surface area contributed by atoms with E-state index in [1.54, 1.807) is 17.0 Å². The fourth-order valence-corrected chi connectivity index (χ4v) is 3.89. The number of carbonyl (C=O) groups excluding carboxylic acids is 1. The van der Waals surface area contributed by atoms with E-state index in [4.69, 9.17) is 4.74 Å². The zero-order chi connectivity index (χ0) is 18.3. The second-order valence-corrected chi connectivity index (χ2v) is 7.11. The lowest BCUT2D eigenvalue weighted by Gasteiger charge is -2.48. The van der Waals surface area contributed by atoms with Crippen molar-refractivity contribution in [3.05, 3.63) is 60.0 Å². The molecule has 0 bridgehead atoms. The van der Waals surface area contributed by atoms with Gasteiger partial charge in [0.1, 0.15) is 5.82 Å². The molecule has 0 saturated carbocycles. The minimum Gasteiger partial charge on any atom is -0.447 e. The smallest absolute Gasteiger partial charge is 0.410 e. The van der Waals surface area contributed by atoms with Crippen LogP contribution in [0.3, 0.4) is 0 Å². The SMILES string of the molecule is CC(C)OC(=O)N1CC2C(c3ccc(F)cc3)N=CN2C2C=CC=CC21. The Kier molecular flexibility index (Phi) is 4.26. The Morgan fingerprint density at radius 2 is 1.88 bits per heavy atom. The lowest BCUT2D eigenvalue weighted by atomic mass is 9.90. The summed E-state index contributed by atoms with van der Waals surface area (Å²) in [6.45, 7) is 4.21. The van der Waals surface area contributed by atoms with Crippen LogP contribution in [0.5, 0.6) is 0 Å². The average molecular weight is 355 g/mol. The summed E-state index contributed by atoms with van der Waals surface area (Å²) in [5, 5.41) is 0. The zero-order valence-electron chi connectivity index (χ0n) is 14.8. The largest absolute Gasteiger partial charge is 0.447 e. The van der Waals surface area contributed by atoms with Crippen LogP contribution in [0.15, 0.2) is 53.6 Å². The maximum atomic E-state index is 13.3. The topological polar surface area (TPSA) is 45.1 Å². The number of hydrogen-bond acceptors (Lipinski definition) is 4. The molecule has 1 aliphatic carbocycles. The number of benzene rings is 1. The van der Waals surface area contributed by atoms with E-state index in [2.05, 4.69) is 16.0 Å². The van der Waals surface area contributed by atoms with Gasteiger partial charge >= 0.3 is 6.09 Å². The van der Waals surface area contributed by atoms with Crippen LogP contribution in [-0.4, -0.2) is 53.0 Å². The number of fused-ring (bicyclic) bond motifs is 3. The number of nitrogens with zero attached hydrogens (tertiary/aromatic N) is 3. The first-order valence-electron chi connectivity index (χ1n) is 8.93. The normalized spacial score (nSPS) is 29.1. The predicted octanol–water partition coefficient (Wildman–Crippen LogP) is 3.30. The summed E-state index contributed by atoms with van der Waals surface area (Å²) >= 11 is 0. The van der Waals surface area contributed by atoms with E-state index < -0.39 is 0 Å². The zero-order valence-corrected chi connectivity index (χ0v) is 14.8. The third-order valence-corrected chi connectivity index (χ3v) is 5.06. The van der Waals surface area contributed by atoms with Crippen molar-refractivity contribution in [3.8, 4) is 0 Å². The van der Waals surface area contributed by atoms with Gasteiger partial charge < -0.3 is 9.64 Å². The van der Waals surface area contributed by atoms with Gasteiger partial charge in [0.15, 0.2) is 0 Å². The Morgan fingerprint density at radius 1 is 1.19 bits per heavy atom. The van der Waals surface area contributed by atoms with Crippen molar-refractivity contribution in [1.29, 1.82) is 0 Å². The molecular formula is C20H22FN3O2. The number of aliphatic imine (C=N–C) groups is 1. The second kappa shape index (κ2) is 6.59. The summed E-state index contributed by atoms with van der Waals surface area (Å²) < 4.78 is 18.7. The molecule has 4 rings (SSSR count). The highest BCUT2D eigenvalue weighted by Gasteiger charge is 2.47. The summed E-state index contributed by atoms with van der Waals surface area (Å²) in [6.07, 6.45) is 9.46. The van der Waals surface area contributed by atoms with Crippen LogP contribution in [-0.2, 0) is 4.74 Å². The molecule has 4 atom stereocenters. The van der Waals surface area contributed by atoms with Crippen molar-refractivity contribution in [1.82, 2.24) is 9.80 Å². The summed E-state index contributed by atoms with van der Waals surface area (Å²) in [7, 11) is 0. The van der Waals surface area contributed by atoms with E-state index in [9.17, 15) is 9.18 Å².